The van der Waals surface area contributed by atoms with E-state index in [9.17, 15) is 24.0 Å². The minimum Gasteiger partial charge on any atom is -0.481 e. The highest BCUT2D eigenvalue weighted by Gasteiger charge is 2.29. The van der Waals surface area contributed by atoms with E-state index in [0.29, 0.717) is 5.56 Å². The van der Waals surface area contributed by atoms with Crippen LogP contribution in [0.3, 0.4) is 0 Å². The second kappa shape index (κ2) is 12.1. The van der Waals surface area contributed by atoms with E-state index in [2.05, 4.69) is 16.0 Å². The second-order valence-corrected chi connectivity index (χ2v) is 6.31. The maximum absolute atomic E-state index is 12.6. The fourth-order valence-corrected chi connectivity index (χ4v) is 2.36. The summed E-state index contributed by atoms with van der Waals surface area (Å²) in [5.41, 5.74) is 6.00. The van der Waals surface area contributed by atoms with Crippen molar-refractivity contribution < 1.29 is 39.3 Å². The van der Waals surface area contributed by atoms with Crippen molar-refractivity contribution in [3.8, 4) is 0 Å². The molecular weight excluding hydrogens is 400 g/mol. The number of rotatable bonds is 12. The molecule has 3 amide bonds. The van der Waals surface area contributed by atoms with Gasteiger partial charge in [-0.25, -0.2) is 0 Å². The standard InChI is InChI=1S/C18H24N4O8/c19-11(9-23)16(28)21-13(7-14(24)25)18(30)22-12(17(29)20-8-15(26)27)6-10-4-2-1-3-5-10/h1-5,11-13,23H,6-9,19H2,(H,20,29)(H,21,28)(H,22,30)(H,24,25)(H,26,27). The van der Waals surface area contributed by atoms with Gasteiger partial charge in [-0.2, -0.15) is 0 Å². The number of hydrogen-bond donors (Lipinski definition) is 7. The summed E-state index contributed by atoms with van der Waals surface area (Å²) in [4.78, 5) is 58.6. The fraction of sp³-hybridized carbons (Fsp3) is 0.389. The highest BCUT2D eigenvalue weighted by Crippen LogP contribution is 2.05. The van der Waals surface area contributed by atoms with Gasteiger partial charge in [-0.05, 0) is 5.56 Å². The number of benzene rings is 1. The summed E-state index contributed by atoms with van der Waals surface area (Å²) in [6.07, 6.45) is -0.813. The Morgan fingerprint density at radius 2 is 1.47 bits per heavy atom. The topological polar surface area (TPSA) is 208 Å². The van der Waals surface area contributed by atoms with Crippen molar-refractivity contribution in [3.05, 3.63) is 35.9 Å². The van der Waals surface area contributed by atoms with Gasteiger partial charge in [0.25, 0.3) is 0 Å². The normalized spacial score (nSPS) is 13.4. The summed E-state index contributed by atoms with van der Waals surface area (Å²) < 4.78 is 0. The summed E-state index contributed by atoms with van der Waals surface area (Å²) in [7, 11) is 0. The average molecular weight is 424 g/mol. The van der Waals surface area contributed by atoms with E-state index in [1.165, 1.54) is 0 Å². The number of carboxylic acid groups (broad SMARTS) is 2. The van der Waals surface area contributed by atoms with Crippen LogP contribution in [0.2, 0.25) is 0 Å². The molecule has 3 unspecified atom stereocenters. The number of carboxylic acids is 2. The van der Waals surface area contributed by atoms with Crippen molar-refractivity contribution in [1.29, 1.82) is 0 Å². The molecule has 12 nitrogen and oxygen atoms in total. The molecule has 8 N–H and O–H groups in total. The molecular formula is C18H24N4O8. The van der Waals surface area contributed by atoms with Crippen molar-refractivity contribution in [2.45, 2.75) is 31.0 Å². The summed E-state index contributed by atoms with van der Waals surface area (Å²) >= 11 is 0. The van der Waals surface area contributed by atoms with Gasteiger partial charge >= 0.3 is 11.9 Å². The lowest BCUT2D eigenvalue weighted by atomic mass is 10.0. The van der Waals surface area contributed by atoms with Crippen molar-refractivity contribution in [2.24, 2.45) is 5.73 Å². The molecule has 0 fully saturated rings. The van der Waals surface area contributed by atoms with Crippen molar-refractivity contribution in [2.75, 3.05) is 13.2 Å². The van der Waals surface area contributed by atoms with E-state index < -0.39 is 67.4 Å². The minimum atomic E-state index is -1.57. The van der Waals surface area contributed by atoms with Gasteiger partial charge in [0.2, 0.25) is 17.7 Å². The number of aliphatic carboxylic acids is 2. The Bertz CT molecular complexity index is 771. The Labute approximate surface area is 171 Å². The molecule has 0 aromatic heterocycles. The summed E-state index contributed by atoms with van der Waals surface area (Å²) in [6, 6.07) is 4.33. The van der Waals surface area contributed by atoms with E-state index >= 15 is 0 Å². The number of aliphatic hydroxyl groups is 1. The number of nitrogens with one attached hydrogen (secondary N) is 3. The van der Waals surface area contributed by atoms with Crippen LogP contribution < -0.4 is 21.7 Å². The molecule has 1 aromatic carbocycles. The Morgan fingerprint density at radius 3 is 2.00 bits per heavy atom. The van der Waals surface area contributed by atoms with Crippen LogP contribution in [-0.2, 0) is 30.4 Å². The Balaban J connectivity index is 2.98. The van der Waals surface area contributed by atoms with E-state index in [1.807, 2.05) is 0 Å². The van der Waals surface area contributed by atoms with Gasteiger partial charge in [-0.15, -0.1) is 0 Å². The molecule has 0 heterocycles. The van der Waals surface area contributed by atoms with E-state index in [-0.39, 0.29) is 6.42 Å². The molecule has 3 atom stereocenters. The zero-order valence-corrected chi connectivity index (χ0v) is 15.9. The fourth-order valence-electron chi connectivity index (χ4n) is 2.36. The van der Waals surface area contributed by atoms with Crippen LogP contribution in [0.5, 0.6) is 0 Å². The Morgan fingerprint density at radius 1 is 0.867 bits per heavy atom. The zero-order valence-electron chi connectivity index (χ0n) is 15.9. The van der Waals surface area contributed by atoms with E-state index in [0.717, 1.165) is 0 Å². The van der Waals surface area contributed by atoms with E-state index in [1.54, 1.807) is 30.3 Å². The predicted octanol–water partition coefficient (Wildman–Crippen LogP) is -2.81. The van der Waals surface area contributed by atoms with Crippen molar-refractivity contribution in [3.63, 3.8) is 0 Å². The number of carbonyl (C=O) groups is 5. The third-order valence-corrected chi connectivity index (χ3v) is 3.87. The van der Waals surface area contributed by atoms with Crippen molar-refractivity contribution in [1.82, 2.24) is 16.0 Å². The molecule has 0 saturated carbocycles. The monoisotopic (exact) mass is 424 g/mol. The SMILES string of the molecule is NC(CO)C(=O)NC(CC(=O)O)C(=O)NC(Cc1ccccc1)C(=O)NCC(=O)O. The van der Waals surface area contributed by atoms with E-state index in [4.69, 9.17) is 21.1 Å². The first-order valence-corrected chi connectivity index (χ1v) is 8.86. The van der Waals surface area contributed by atoms with Crippen LogP contribution in [0.25, 0.3) is 0 Å². The lowest BCUT2D eigenvalue weighted by molar-refractivity contribution is -0.141. The summed E-state index contributed by atoms with van der Waals surface area (Å²) in [5, 5.41) is 33.3. The quantitative estimate of drug-likeness (QED) is 0.184. The minimum absolute atomic E-state index is 0.0120. The van der Waals surface area contributed by atoms with Gasteiger partial charge in [-0.3, -0.25) is 24.0 Å². The van der Waals surface area contributed by atoms with Gasteiger partial charge in [0.15, 0.2) is 0 Å². The number of carbonyl (C=O) groups excluding carboxylic acids is 3. The molecule has 0 bridgehead atoms. The number of amides is 3. The molecule has 0 saturated heterocycles. The molecule has 0 radical (unpaired) electrons. The highest BCUT2D eigenvalue weighted by atomic mass is 16.4. The average Bonchev–Trinajstić information content (AvgIpc) is 2.70. The van der Waals surface area contributed by atoms with Crippen LogP contribution in [0.1, 0.15) is 12.0 Å². The smallest absolute Gasteiger partial charge is 0.322 e. The van der Waals surface area contributed by atoms with Crippen LogP contribution in [0, 0.1) is 0 Å². The maximum atomic E-state index is 12.6. The van der Waals surface area contributed by atoms with Crippen molar-refractivity contribution >= 4 is 29.7 Å². The second-order valence-electron chi connectivity index (χ2n) is 6.31. The first-order chi connectivity index (χ1) is 14.1. The molecule has 1 rings (SSSR count). The lowest BCUT2D eigenvalue weighted by Crippen LogP contribution is -2.57. The zero-order chi connectivity index (χ0) is 22.7. The molecule has 0 aliphatic heterocycles. The first kappa shape index (κ1) is 24.5. The van der Waals surface area contributed by atoms with Gasteiger partial charge in [0.05, 0.1) is 13.0 Å². The molecule has 164 valence electrons. The first-order valence-electron chi connectivity index (χ1n) is 8.86. The summed E-state index contributed by atoms with van der Waals surface area (Å²) in [6.45, 7) is -1.40. The number of nitrogens with two attached hydrogens (primary N) is 1. The Hall–Kier alpha value is -3.51. The molecule has 12 heteroatoms. The van der Waals surface area contributed by atoms with Gasteiger partial charge in [0, 0.05) is 6.42 Å². The molecule has 0 aliphatic rings. The van der Waals surface area contributed by atoms with Crippen LogP contribution in [0.4, 0.5) is 0 Å². The van der Waals surface area contributed by atoms with Gasteiger partial charge in [-0.1, -0.05) is 30.3 Å². The molecule has 0 aliphatic carbocycles. The van der Waals surface area contributed by atoms with Gasteiger partial charge in [0.1, 0.15) is 24.7 Å². The maximum Gasteiger partial charge on any atom is 0.322 e. The molecule has 0 spiro atoms. The third-order valence-electron chi connectivity index (χ3n) is 3.87. The number of aliphatic hydroxyl groups excluding tert-OH is 1. The summed E-state index contributed by atoms with van der Waals surface area (Å²) in [5.74, 6) is -5.43. The molecule has 1 aromatic rings. The largest absolute Gasteiger partial charge is 0.481 e. The number of hydrogen-bond acceptors (Lipinski definition) is 7. The van der Waals surface area contributed by atoms with Crippen LogP contribution in [-0.4, -0.2) is 76.3 Å². The predicted molar refractivity (Wildman–Crippen MR) is 102 cm³/mol. The molecule has 30 heavy (non-hydrogen) atoms. The van der Waals surface area contributed by atoms with Crippen LogP contribution in [0.15, 0.2) is 30.3 Å². The van der Waals surface area contributed by atoms with Gasteiger partial charge < -0.3 is 37.0 Å². The highest BCUT2D eigenvalue weighted by molar-refractivity contribution is 5.95. The third kappa shape index (κ3) is 8.67. The van der Waals surface area contributed by atoms with Crippen LogP contribution >= 0.6 is 0 Å². The lowest BCUT2D eigenvalue weighted by Gasteiger charge is -2.23. The Kier molecular flexibility index (Phi) is 9.92.